The molecule has 0 bridgehead atoms. The maximum absolute atomic E-state index is 5.91. The molecule has 0 aromatic heterocycles. The molecule has 1 saturated carbocycles. The van der Waals surface area contributed by atoms with Crippen molar-refractivity contribution in [2.45, 2.75) is 31.7 Å². The third kappa shape index (κ3) is 1.42. The SMILES string of the molecule is NC1CCC1C1CCOCC1. The predicted molar refractivity (Wildman–Crippen MR) is 44.2 cm³/mol. The lowest BCUT2D eigenvalue weighted by molar-refractivity contribution is 0.0221. The summed E-state index contributed by atoms with van der Waals surface area (Å²) in [5, 5.41) is 0. The van der Waals surface area contributed by atoms with Gasteiger partial charge < -0.3 is 10.5 Å². The quantitative estimate of drug-likeness (QED) is 0.616. The molecule has 2 unspecified atom stereocenters. The summed E-state index contributed by atoms with van der Waals surface area (Å²) in [5.41, 5.74) is 5.91. The Labute approximate surface area is 68.1 Å². The molecule has 11 heavy (non-hydrogen) atoms. The average molecular weight is 155 g/mol. The second kappa shape index (κ2) is 3.11. The summed E-state index contributed by atoms with van der Waals surface area (Å²) in [6.45, 7) is 1.93. The van der Waals surface area contributed by atoms with Crippen LogP contribution in [0.4, 0.5) is 0 Å². The monoisotopic (exact) mass is 155 g/mol. The average Bonchev–Trinajstić information content (AvgIpc) is 2.04. The van der Waals surface area contributed by atoms with E-state index in [0.29, 0.717) is 6.04 Å². The van der Waals surface area contributed by atoms with Gasteiger partial charge in [0.15, 0.2) is 0 Å². The normalized spacial score (nSPS) is 40.1. The first kappa shape index (κ1) is 7.56. The van der Waals surface area contributed by atoms with Crippen LogP contribution in [-0.2, 0) is 4.74 Å². The number of hydrogen-bond acceptors (Lipinski definition) is 2. The molecule has 1 aliphatic heterocycles. The van der Waals surface area contributed by atoms with E-state index >= 15 is 0 Å². The van der Waals surface area contributed by atoms with Gasteiger partial charge in [-0.15, -0.1) is 0 Å². The first-order valence-corrected chi connectivity index (χ1v) is 4.71. The van der Waals surface area contributed by atoms with E-state index in [9.17, 15) is 0 Å². The zero-order valence-electron chi connectivity index (χ0n) is 6.96. The first-order chi connectivity index (χ1) is 5.38. The van der Waals surface area contributed by atoms with Crippen molar-refractivity contribution in [3.8, 4) is 0 Å². The summed E-state index contributed by atoms with van der Waals surface area (Å²) in [4.78, 5) is 0. The summed E-state index contributed by atoms with van der Waals surface area (Å²) in [6, 6.07) is 0.512. The van der Waals surface area contributed by atoms with Gasteiger partial charge in [0.05, 0.1) is 0 Å². The molecule has 1 aliphatic carbocycles. The van der Waals surface area contributed by atoms with Crippen LogP contribution in [0.3, 0.4) is 0 Å². The smallest absolute Gasteiger partial charge is 0.0468 e. The molecule has 2 heteroatoms. The van der Waals surface area contributed by atoms with Gasteiger partial charge in [-0.2, -0.15) is 0 Å². The minimum absolute atomic E-state index is 0.512. The van der Waals surface area contributed by atoms with Crippen LogP contribution in [0.5, 0.6) is 0 Å². The standard InChI is InChI=1S/C9H17NO/c10-9-2-1-8(9)7-3-5-11-6-4-7/h7-9H,1-6,10H2. The Morgan fingerprint density at radius 1 is 1.00 bits per heavy atom. The van der Waals surface area contributed by atoms with Crippen LogP contribution in [0.2, 0.25) is 0 Å². The molecular weight excluding hydrogens is 138 g/mol. The summed E-state index contributed by atoms with van der Waals surface area (Å²) in [5.74, 6) is 1.71. The fourth-order valence-electron chi connectivity index (χ4n) is 2.28. The predicted octanol–water partition coefficient (Wildman–Crippen LogP) is 1.15. The lowest BCUT2D eigenvalue weighted by Crippen LogP contribution is -2.45. The van der Waals surface area contributed by atoms with Crippen molar-refractivity contribution < 1.29 is 4.74 Å². The molecule has 2 aliphatic rings. The van der Waals surface area contributed by atoms with Crippen molar-refractivity contribution in [2.24, 2.45) is 17.6 Å². The minimum atomic E-state index is 0.512. The minimum Gasteiger partial charge on any atom is -0.381 e. The van der Waals surface area contributed by atoms with Crippen molar-refractivity contribution in [1.82, 2.24) is 0 Å². The first-order valence-electron chi connectivity index (χ1n) is 4.71. The van der Waals surface area contributed by atoms with Crippen LogP contribution in [0.25, 0.3) is 0 Å². The topological polar surface area (TPSA) is 35.2 Å². The third-order valence-corrected chi connectivity index (χ3v) is 3.25. The molecule has 0 amide bonds. The molecule has 64 valence electrons. The van der Waals surface area contributed by atoms with Crippen molar-refractivity contribution in [3.05, 3.63) is 0 Å². The summed E-state index contributed by atoms with van der Waals surface area (Å²) in [7, 11) is 0. The maximum atomic E-state index is 5.91. The van der Waals surface area contributed by atoms with E-state index in [2.05, 4.69) is 0 Å². The highest BCUT2D eigenvalue weighted by Crippen LogP contribution is 2.37. The number of hydrogen-bond donors (Lipinski definition) is 1. The van der Waals surface area contributed by atoms with Gasteiger partial charge in [0, 0.05) is 19.3 Å². The highest BCUT2D eigenvalue weighted by Gasteiger charge is 2.34. The van der Waals surface area contributed by atoms with Gasteiger partial charge in [0.2, 0.25) is 0 Å². The van der Waals surface area contributed by atoms with Crippen molar-refractivity contribution in [2.75, 3.05) is 13.2 Å². The molecule has 2 fully saturated rings. The van der Waals surface area contributed by atoms with E-state index in [1.807, 2.05) is 0 Å². The van der Waals surface area contributed by atoms with Crippen LogP contribution in [0.15, 0.2) is 0 Å². The van der Waals surface area contributed by atoms with Gasteiger partial charge in [-0.05, 0) is 37.5 Å². The van der Waals surface area contributed by atoms with Crippen molar-refractivity contribution in [1.29, 1.82) is 0 Å². The van der Waals surface area contributed by atoms with Crippen molar-refractivity contribution in [3.63, 3.8) is 0 Å². The molecule has 1 saturated heterocycles. The molecule has 2 nitrogen and oxygen atoms in total. The molecule has 1 heterocycles. The fraction of sp³-hybridized carbons (Fsp3) is 1.00. The Morgan fingerprint density at radius 2 is 1.73 bits per heavy atom. The van der Waals surface area contributed by atoms with E-state index in [1.54, 1.807) is 0 Å². The second-order valence-corrected chi connectivity index (χ2v) is 3.85. The van der Waals surface area contributed by atoms with E-state index in [1.165, 1.54) is 25.7 Å². The maximum Gasteiger partial charge on any atom is 0.0468 e. The van der Waals surface area contributed by atoms with Crippen LogP contribution in [0, 0.1) is 11.8 Å². The Balaban J connectivity index is 1.83. The van der Waals surface area contributed by atoms with Crippen molar-refractivity contribution >= 4 is 0 Å². The van der Waals surface area contributed by atoms with E-state index in [-0.39, 0.29) is 0 Å². The van der Waals surface area contributed by atoms with Crippen LogP contribution in [0.1, 0.15) is 25.7 Å². The molecule has 0 aromatic carbocycles. The summed E-state index contributed by atoms with van der Waals surface area (Å²) >= 11 is 0. The van der Waals surface area contributed by atoms with Gasteiger partial charge in [-0.3, -0.25) is 0 Å². The molecule has 0 spiro atoms. The van der Waals surface area contributed by atoms with Gasteiger partial charge in [0.1, 0.15) is 0 Å². The third-order valence-electron chi connectivity index (χ3n) is 3.25. The zero-order valence-corrected chi connectivity index (χ0v) is 6.96. The molecular formula is C9H17NO. The highest BCUT2D eigenvalue weighted by molar-refractivity contribution is 4.89. The second-order valence-electron chi connectivity index (χ2n) is 3.85. The largest absolute Gasteiger partial charge is 0.381 e. The molecule has 2 atom stereocenters. The Morgan fingerprint density at radius 3 is 2.18 bits per heavy atom. The molecule has 0 radical (unpaired) electrons. The van der Waals surface area contributed by atoms with Gasteiger partial charge >= 0.3 is 0 Å². The van der Waals surface area contributed by atoms with Gasteiger partial charge in [0.25, 0.3) is 0 Å². The number of ether oxygens (including phenoxy) is 1. The lowest BCUT2D eigenvalue weighted by Gasteiger charge is -2.41. The van der Waals surface area contributed by atoms with Crippen LogP contribution in [-0.4, -0.2) is 19.3 Å². The van der Waals surface area contributed by atoms with E-state index < -0.39 is 0 Å². The lowest BCUT2D eigenvalue weighted by atomic mass is 9.69. The Hall–Kier alpha value is -0.0800. The van der Waals surface area contributed by atoms with E-state index in [4.69, 9.17) is 10.5 Å². The molecule has 2 N–H and O–H groups in total. The summed E-state index contributed by atoms with van der Waals surface area (Å²) in [6.07, 6.45) is 5.12. The van der Waals surface area contributed by atoms with Crippen LogP contribution >= 0.6 is 0 Å². The zero-order chi connectivity index (χ0) is 7.68. The molecule has 0 aromatic rings. The van der Waals surface area contributed by atoms with Gasteiger partial charge in [-0.1, -0.05) is 0 Å². The molecule has 2 rings (SSSR count). The fourth-order valence-corrected chi connectivity index (χ4v) is 2.28. The Kier molecular flexibility index (Phi) is 2.14. The number of rotatable bonds is 1. The number of nitrogens with two attached hydrogens (primary N) is 1. The van der Waals surface area contributed by atoms with E-state index in [0.717, 1.165) is 25.0 Å². The van der Waals surface area contributed by atoms with Gasteiger partial charge in [-0.25, -0.2) is 0 Å². The summed E-state index contributed by atoms with van der Waals surface area (Å²) < 4.78 is 5.31. The highest BCUT2D eigenvalue weighted by atomic mass is 16.5. The Bertz CT molecular complexity index is 132. The van der Waals surface area contributed by atoms with Crippen LogP contribution < -0.4 is 5.73 Å².